The quantitative estimate of drug-likeness (QED) is 0.391. The maximum Gasteiger partial charge on any atom is 0.266 e. The molecule has 0 aliphatic heterocycles. The van der Waals surface area contributed by atoms with Gasteiger partial charge in [0.15, 0.2) is 0 Å². The van der Waals surface area contributed by atoms with Crippen molar-refractivity contribution in [1.82, 2.24) is 4.31 Å². The number of rotatable bonds is 11. The van der Waals surface area contributed by atoms with Gasteiger partial charge in [-0.2, -0.15) is 9.57 Å². The Morgan fingerprint density at radius 3 is 2.33 bits per heavy atom. The lowest BCUT2D eigenvalue weighted by Crippen LogP contribution is -2.30. The number of carbonyl (C=O) groups is 1. The SMILES string of the molecule is CCCOc1ccc(/C=C(\C#N)C(=O)Nc2cc(S(=O)(=O)N(CC)CC)ccc2OC)cc1. The summed E-state index contributed by atoms with van der Waals surface area (Å²) in [6.07, 6.45) is 2.34. The summed E-state index contributed by atoms with van der Waals surface area (Å²) < 4.78 is 37.8. The molecule has 0 saturated heterocycles. The predicted octanol–water partition coefficient (Wildman–Crippen LogP) is 4.06. The Bertz CT molecular complexity index is 1130. The topological polar surface area (TPSA) is 109 Å². The van der Waals surface area contributed by atoms with Crippen molar-refractivity contribution in [2.24, 2.45) is 0 Å². The minimum atomic E-state index is -3.73. The number of anilines is 1. The van der Waals surface area contributed by atoms with E-state index in [0.717, 1.165) is 6.42 Å². The molecule has 0 spiro atoms. The van der Waals surface area contributed by atoms with E-state index >= 15 is 0 Å². The van der Waals surface area contributed by atoms with E-state index in [0.29, 0.717) is 31.0 Å². The van der Waals surface area contributed by atoms with Crippen LogP contribution in [0.5, 0.6) is 11.5 Å². The van der Waals surface area contributed by atoms with E-state index in [1.165, 1.54) is 35.7 Å². The highest BCUT2D eigenvalue weighted by Crippen LogP contribution is 2.29. The third-order valence-corrected chi connectivity index (χ3v) is 6.84. The van der Waals surface area contributed by atoms with E-state index < -0.39 is 15.9 Å². The smallest absolute Gasteiger partial charge is 0.266 e. The molecule has 0 unspecified atom stereocenters. The first kappa shape index (κ1) is 25.9. The van der Waals surface area contributed by atoms with Crippen molar-refractivity contribution in [3.8, 4) is 17.6 Å². The van der Waals surface area contributed by atoms with E-state index in [9.17, 15) is 18.5 Å². The van der Waals surface area contributed by atoms with Gasteiger partial charge in [0.25, 0.3) is 5.91 Å². The second-order valence-corrected chi connectivity index (χ2v) is 8.93. The number of hydrogen-bond acceptors (Lipinski definition) is 6. The average molecular weight is 472 g/mol. The summed E-state index contributed by atoms with van der Waals surface area (Å²) in [6.45, 7) is 6.75. The Morgan fingerprint density at radius 1 is 1.12 bits per heavy atom. The van der Waals surface area contributed by atoms with E-state index in [4.69, 9.17) is 9.47 Å². The largest absolute Gasteiger partial charge is 0.495 e. The molecule has 0 aromatic heterocycles. The highest BCUT2D eigenvalue weighted by Gasteiger charge is 2.23. The maximum atomic E-state index is 12.9. The number of carbonyl (C=O) groups excluding carboxylic acids is 1. The van der Waals surface area contributed by atoms with Crippen molar-refractivity contribution in [2.75, 3.05) is 32.1 Å². The van der Waals surface area contributed by atoms with Crippen LogP contribution in [0.25, 0.3) is 6.08 Å². The van der Waals surface area contributed by atoms with Gasteiger partial charge < -0.3 is 14.8 Å². The summed E-state index contributed by atoms with van der Waals surface area (Å²) in [6, 6.07) is 13.1. The molecule has 0 aliphatic carbocycles. The Kier molecular flexibility index (Phi) is 9.45. The van der Waals surface area contributed by atoms with Crippen molar-refractivity contribution in [1.29, 1.82) is 5.26 Å². The number of hydrogen-bond donors (Lipinski definition) is 1. The van der Waals surface area contributed by atoms with Gasteiger partial charge in [0.1, 0.15) is 23.1 Å². The minimum Gasteiger partial charge on any atom is -0.495 e. The van der Waals surface area contributed by atoms with Gasteiger partial charge in [-0.25, -0.2) is 8.42 Å². The van der Waals surface area contributed by atoms with Gasteiger partial charge >= 0.3 is 0 Å². The number of nitrogens with one attached hydrogen (secondary N) is 1. The summed E-state index contributed by atoms with van der Waals surface area (Å²) in [5, 5.41) is 12.1. The van der Waals surface area contributed by atoms with Gasteiger partial charge in [-0.15, -0.1) is 0 Å². The van der Waals surface area contributed by atoms with Crippen molar-refractivity contribution >= 4 is 27.7 Å². The molecular formula is C24H29N3O5S. The molecule has 2 rings (SSSR count). The van der Waals surface area contributed by atoms with Crippen LogP contribution in [0.2, 0.25) is 0 Å². The molecular weight excluding hydrogens is 442 g/mol. The lowest BCUT2D eigenvalue weighted by atomic mass is 10.1. The van der Waals surface area contributed by atoms with Gasteiger partial charge in [-0.3, -0.25) is 4.79 Å². The van der Waals surface area contributed by atoms with Crippen LogP contribution in [-0.4, -0.2) is 45.4 Å². The van der Waals surface area contributed by atoms with Crippen LogP contribution in [0.1, 0.15) is 32.8 Å². The Labute approximate surface area is 195 Å². The van der Waals surface area contributed by atoms with E-state index in [-0.39, 0.29) is 21.9 Å². The number of sulfonamides is 1. The fourth-order valence-corrected chi connectivity index (χ4v) is 4.53. The summed E-state index contributed by atoms with van der Waals surface area (Å²) in [5.74, 6) is 0.295. The molecule has 0 aliphatic rings. The molecule has 0 fully saturated rings. The predicted molar refractivity (Wildman–Crippen MR) is 128 cm³/mol. The van der Waals surface area contributed by atoms with Gasteiger partial charge in [-0.05, 0) is 48.4 Å². The lowest BCUT2D eigenvalue weighted by Gasteiger charge is -2.19. The van der Waals surface area contributed by atoms with Crippen LogP contribution in [0.3, 0.4) is 0 Å². The van der Waals surface area contributed by atoms with E-state index in [2.05, 4.69) is 5.32 Å². The standard InChI is InChI=1S/C24H29N3O5S/c1-5-14-32-20-10-8-18(9-11-20)15-19(17-25)24(28)26-22-16-21(12-13-23(22)31-4)33(29,30)27(6-2)7-3/h8-13,15-16H,5-7,14H2,1-4H3,(H,26,28)/b19-15+. The molecule has 0 bridgehead atoms. The van der Waals surface area contributed by atoms with Crippen LogP contribution in [0.4, 0.5) is 5.69 Å². The minimum absolute atomic E-state index is 0.0208. The summed E-state index contributed by atoms with van der Waals surface area (Å²) >= 11 is 0. The third kappa shape index (κ3) is 6.57. The number of methoxy groups -OCH3 is 1. The van der Waals surface area contributed by atoms with Gasteiger partial charge in [0.05, 0.1) is 24.3 Å². The number of nitriles is 1. The number of benzene rings is 2. The van der Waals surface area contributed by atoms with E-state index in [1.54, 1.807) is 38.1 Å². The molecule has 0 radical (unpaired) electrons. The second kappa shape index (κ2) is 12.0. The zero-order valence-electron chi connectivity index (χ0n) is 19.3. The Balaban J connectivity index is 2.31. The second-order valence-electron chi connectivity index (χ2n) is 6.99. The van der Waals surface area contributed by atoms with Crippen molar-refractivity contribution in [3.05, 3.63) is 53.6 Å². The van der Waals surface area contributed by atoms with Crippen molar-refractivity contribution < 1.29 is 22.7 Å². The molecule has 8 nitrogen and oxygen atoms in total. The molecule has 2 aromatic carbocycles. The normalized spacial score (nSPS) is 11.7. The Morgan fingerprint density at radius 2 is 1.79 bits per heavy atom. The first-order valence-electron chi connectivity index (χ1n) is 10.6. The van der Waals surface area contributed by atoms with Gasteiger partial charge in [-0.1, -0.05) is 32.9 Å². The molecule has 0 heterocycles. The monoisotopic (exact) mass is 471 g/mol. The highest BCUT2D eigenvalue weighted by molar-refractivity contribution is 7.89. The molecule has 2 aromatic rings. The highest BCUT2D eigenvalue weighted by atomic mass is 32.2. The van der Waals surface area contributed by atoms with Crippen LogP contribution < -0.4 is 14.8 Å². The Hall–Kier alpha value is -3.35. The third-order valence-electron chi connectivity index (χ3n) is 4.79. The fourth-order valence-electron chi connectivity index (χ4n) is 3.04. The maximum absolute atomic E-state index is 12.9. The van der Waals surface area contributed by atoms with E-state index in [1.807, 2.05) is 13.0 Å². The molecule has 1 amide bonds. The number of nitrogens with zero attached hydrogens (tertiary/aromatic N) is 2. The zero-order valence-corrected chi connectivity index (χ0v) is 20.1. The zero-order chi connectivity index (χ0) is 24.4. The van der Waals surface area contributed by atoms with Crippen LogP contribution >= 0.6 is 0 Å². The molecule has 176 valence electrons. The summed E-state index contributed by atoms with van der Waals surface area (Å²) in [5.41, 5.74) is 0.659. The first-order valence-corrected chi connectivity index (χ1v) is 12.1. The number of amides is 1. The molecule has 0 atom stereocenters. The average Bonchev–Trinajstić information content (AvgIpc) is 2.82. The summed E-state index contributed by atoms with van der Waals surface area (Å²) in [4.78, 5) is 12.8. The lowest BCUT2D eigenvalue weighted by molar-refractivity contribution is -0.112. The molecule has 9 heteroatoms. The summed E-state index contributed by atoms with van der Waals surface area (Å²) in [7, 11) is -2.33. The fraction of sp³-hybridized carbons (Fsp3) is 0.333. The molecule has 1 N–H and O–H groups in total. The van der Waals surface area contributed by atoms with Gasteiger partial charge in [0.2, 0.25) is 10.0 Å². The van der Waals surface area contributed by atoms with Gasteiger partial charge in [0, 0.05) is 13.1 Å². The first-order chi connectivity index (χ1) is 15.8. The van der Waals surface area contributed by atoms with Crippen molar-refractivity contribution in [2.45, 2.75) is 32.1 Å². The number of ether oxygens (including phenoxy) is 2. The molecule has 0 saturated carbocycles. The van der Waals surface area contributed by atoms with Crippen LogP contribution in [0, 0.1) is 11.3 Å². The van der Waals surface area contributed by atoms with Crippen LogP contribution in [-0.2, 0) is 14.8 Å². The van der Waals surface area contributed by atoms with Crippen molar-refractivity contribution in [3.63, 3.8) is 0 Å². The molecule has 33 heavy (non-hydrogen) atoms. The van der Waals surface area contributed by atoms with Crippen LogP contribution in [0.15, 0.2) is 52.9 Å².